The van der Waals surface area contributed by atoms with Gasteiger partial charge in [-0.05, 0) is 37.1 Å². The molecule has 29 heavy (non-hydrogen) atoms. The molecule has 2 unspecified atom stereocenters. The largest absolute Gasteiger partial charge is 0.497 e. The van der Waals surface area contributed by atoms with Crippen molar-refractivity contribution < 1.29 is 23.5 Å². The first kappa shape index (κ1) is 19.4. The Bertz CT molecular complexity index is 879. The van der Waals surface area contributed by atoms with Gasteiger partial charge < -0.3 is 23.7 Å². The fourth-order valence-electron chi connectivity index (χ4n) is 4.36. The van der Waals surface area contributed by atoms with Crippen LogP contribution in [0.2, 0.25) is 0 Å². The molecule has 4 rings (SSSR count). The van der Waals surface area contributed by atoms with Gasteiger partial charge in [0.1, 0.15) is 17.3 Å². The fourth-order valence-corrected chi connectivity index (χ4v) is 4.36. The molecular formula is C22H26N2O5. The van der Waals surface area contributed by atoms with E-state index >= 15 is 0 Å². The summed E-state index contributed by atoms with van der Waals surface area (Å²) in [6, 6.07) is 9.31. The lowest BCUT2D eigenvalue weighted by atomic mass is 10.0. The maximum atomic E-state index is 13.3. The second kappa shape index (κ2) is 8.19. The molecule has 154 valence electrons. The minimum Gasteiger partial charge on any atom is -0.497 e. The van der Waals surface area contributed by atoms with Crippen molar-refractivity contribution >= 4 is 11.8 Å². The molecule has 7 nitrogen and oxygen atoms in total. The summed E-state index contributed by atoms with van der Waals surface area (Å²) in [7, 11) is 3.24. The van der Waals surface area contributed by atoms with Crippen LogP contribution in [-0.4, -0.2) is 48.9 Å². The Hall–Kier alpha value is -2.96. The van der Waals surface area contributed by atoms with Gasteiger partial charge in [0.25, 0.3) is 0 Å². The van der Waals surface area contributed by atoms with E-state index in [4.69, 9.17) is 13.9 Å². The molecule has 2 amide bonds. The van der Waals surface area contributed by atoms with Crippen molar-refractivity contribution in [2.45, 2.75) is 31.8 Å². The average Bonchev–Trinajstić information content (AvgIpc) is 3.49. The number of likely N-dealkylation sites (tertiary alicyclic amines) is 2. The molecule has 2 saturated heterocycles. The Morgan fingerprint density at radius 3 is 2.83 bits per heavy atom. The second-order valence-corrected chi connectivity index (χ2v) is 7.55. The number of nitrogens with zero attached hydrogens (tertiary/aromatic N) is 2. The van der Waals surface area contributed by atoms with Crippen molar-refractivity contribution in [3.63, 3.8) is 0 Å². The molecule has 2 aromatic rings. The summed E-state index contributed by atoms with van der Waals surface area (Å²) >= 11 is 0. The van der Waals surface area contributed by atoms with Crippen molar-refractivity contribution in [2.75, 3.05) is 27.3 Å². The topological polar surface area (TPSA) is 72.2 Å². The maximum Gasteiger partial charge on any atom is 0.228 e. The monoisotopic (exact) mass is 398 g/mol. The van der Waals surface area contributed by atoms with Crippen molar-refractivity contribution in [3.8, 4) is 11.5 Å². The van der Waals surface area contributed by atoms with Crippen LogP contribution in [0.1, 0.15) is 36.6 Å². The van der Waals surface area contributed by atoms with Crippen LogP contribution in [-0.2, 0) is 16.1 Å². The van der Waals surface area contributed by atoms with Crippen molar-refractivity contribution in [1.82, 2.24) is 9.80 Å². The quantitative estimate of drug-likeness (QED) is 0.748. The molecular weight excluding hydrogens is 372 g/mol. The van der Waals surface area contributed by atoms with Gasteiger partial charge in [-0.1, -0.05) is 0 Å². The minimum absolute atomic E-state index is 0.00229. The van der Waals surface area contributed by atoms with Gasteiger partial charge in [0.05, 0.1) is 39.0 Å². The highest BCUT2D eigenvalue weighted by Crippen LogP contribution is 2.40. The Balaban J connectivity index is 1.49. The number of rotatable bonds is 6. The van der Waals surface area contributed by atoms with E-state index in [9.17, 15) is 9.59 Å². The number of ether oxygens (including phenoxy) is 2. The first-order valence-corrected chi connectivity index (χ1v) is 9.93. The van der Waals surface area contributed by atoms with Crippen LogP contribution in [0.15, 0.2) is 41.0 Å². The smallest absolute Gasteiger partial charge is 0.228 e. The molecule has 0 spiro atoms. The van der Waals surface area contributed by atoms with Crippen LogP contribution in [0.3, 0.4) is 0 Å². The van der Waals surface area contributed by atoms with E-state index in [-0.39, 0.29) is 30.2 Å². The Labute approximate surface area is 170 Å². The second-order valence-electron chi connectivity index (χ2n) is 7.55. The van der Waals surface area contributed by atoms with Crippen molar-refractivity contribution in [3.05, 3.63) is 47.9 Å². The number of carbonyl (C=O) groups is 2. The lowest BCUT2D eigenvalue weighted by Crippen LogP contribution is -2.37. The highest BCUT2D eigenvalue weighted by molar-refractivity contribution is 5.89. The average molecular weight is 398 g/mol. The molecule has 7 heteroatoms. The van der Waals surface area contributed by atoms with Gasteiger partial charge in [-0.25, -0.2) is 0 Å². The van der Waals surface area contributed by atoms with Gasteiger partial charge in [-0.3, -0.25) is 9.59 Å². The van der Waals surface area contributed by atoms with E-state index in [1.807, 2.05) is 29.2 Å². The SMILES string of the molecule is COc1ccc(C2CCCN2C(=O)C2CC(=O)N(Cc3ccco3)C2)c(OC)c1. The zero-order valence-corrected chi connectivity index (χ0v) is 16.8. The molecule has 0 N–H and O–H groups in total. The van der Waals surface area contributed by atoms with Crippen LogP contribution in [0.25, 0.3) is 0 Å². The number of furan rings is 1. The minimum atomic E-state index is -0.317. The standard InChI is InChI=1S/C22H26N2O5/c1-27-16-7-8-18(20(12-16)28-2)19-6-3-9-24(19)22(26)15-11-21(25)23(13-15)14-17-5-4-10-29-17/h4-5,7-8,10,12,15,19H,3,6,9,11,13-14H2,1-2H3. The number of carbonyl (C=O) groups excluding carboxylic acids is 2. The third-order valence-electron chi connectivity index (χ3n) is 5.83. The molecule has 2 aliphatic rings. The molecule has 0 aliphatic carbocycles. The van der Waals surface area contributed by atoms with Gasteiger partial charge in [-0.2, -0.15) is 0 Å². The van der Waals surface area contributed by atoms with Gasteiger partial charge in [-0.15, -0.1) is 0 Å². The van der Waals surface area contributed by atoms with E-state index in [0.29, 0.717) is 19.6 Å². The van der Waals surface area contributed by atoms with Gasteiger partial charge in [0.15, 0.2) is 0 Å². The van der Waals surface area contributed by atoms with Crippen LogP contribution >= 0.6 is 0 Å². The Kier molecular flexibility index (Phi) is 5.47. The fraction of sp³-hybridized carbons (Fsp3) is 0.455. The molecule has 2 aliphatic heterocycles. The van der Waals surface area contributed by atoms with E-state index in [1.54, 1.807) is 31.4 Å². The van der Waals surface area contributed by atoms with E-state index in [1.165, 1.54) is 0 Å². The van der Waals surface area contributed by atoms with E-state index in [2.05, 4.69) is 0 Å². The molecule has 2 fully saturated rings. The van der Waals surface area contributed by atoms with E-state index in [0.717, 1.165) is 35.7 Å². The lowest BCUT2D eigenvalue weighted by molar-refractivity contribution is -0.136. The van der Waals surface area contributed by atoms with Crippen LogP contribution < -0.4 is 9.47 Å². The summed E-state index contributed by atoms with van der Waals surface area (Å²) < 4.78 is 16.2. The van der Waals surface area contributed by atoms with E-state index < -0.39 is 0 Å². The van der Waals surface area contributed by atoms with Gasteiger partial charge in [0.2, 0.25) is 11.8 Å². The summed E-state index contributed by atoms with van der Waals surface area (Å²) in [6.07, 6.45) is 3.66. The predicted molar refractivity (Wildman–Crippen MR) is 105 cm³/mol. The number of hydrogen-bond donors (Lipinski definition) is 0. The zero-order chi connectivity index (χ0) is 20.4. The molecule has 2 atom stereocenters. The summed E-state index contributed by atoms with van der Waals surface area (Å²) in [5.74, 6) is 1.89. The van der Waals surface area contributed by atoms with Gasteiger partial charge in [0, 0.05) is 31.1 Å². The molecule has 3 heterocycles. The predicted octanol–water partition coefficient (Wildman–Crippen LogP) is 3.01. The summed E-state index contributed by atoms with van der Waals surface area (Å²) in [5, 5.41) is 0. The molecule has 1 aromatic carbocycles. The van der Waals surface area contributed by atoms with Crippen LogP contribution in [0.4, 0.5) is 0 Å². The summed E-state index contributed by atoms with van der Waals surface area (Å²) in [5.41, 5.74) is 0.982. The highest BCUT2D eigenvalue weighted by atomic mass is 16.5. The third-order valence-corrected chi connectivity index (χ3v) is 5.83. The molecule has 0 bridgehead atoms. The highest BCUT2D eigenvalue weighted by Gasteiger charge is 2.40. The van der Waals surface area contributed by atoms with Crippen LogP contribution in [0, 0.1) is 5.92 Å². The summed E-state index contributed by atoms with van der Waals surface area (Å²) in [6.45, 7) is 1.54. The van der Waals surface area contributed by atoms with Crippen molar-refractivity contribution in [2.24, 2.45) is 5.92 Å². The number of amides is 2. The molecule has 0 radical (unpaired) electrons. The first-order chi connectivity index (χ1) is 14.1. The summed E-state index contributed by atoms with van der Waals surface area (Å²) in [4.78, 5) is 29.4. The number of benzene rings is 1. The maximum absolute atomic E-state index is 13.3. The van der Waals surface area contributed by atoms with Crippen LogP contribution in [0.5, 0.6) is 11.5 Å². The Morgan fingerprint density at radius 2 is 2.10 bits per heavy atom. The number of methoxy groups -OCH3 is 2. The lowest BCUT2D eigenvalue weighted by Gasteiger charge is -2.28. The van der Waals surface area contributed by atoms with Crippen molar-refractivity contribution in [1.29, 1.82) is 0 Å². The number of hydrogen-bond acceptors (Lipinski definition) is 5. The first-order valence-electron chi connectivity index (χ1n) is 9.93. The normalized spacial score (nSPS) is 21.7. The third kappa shape index (κ3) is 3.81. The zero-order valence-electron chi connectivity index (χ0n) is 16.8. The van der Waals surface area contributed by atoms with Gasteiger partial charge >= 0.3 is 0 Å². The molecule has 1 aromatic heterocycles. The molecule has 0 saturated carbocycles. The Morgan fingerprint density at radius 1 is 1.24 bits per heavy atom.